The van der Waals surface area contributed by atoms with Gasteiger partial charge in [-0.25, -0.2) is 0 Å². The predicted octanol–water partition coefficient (Wildman–Crippen LogP) is 1.86. The fourth-order valence-electron chi connectivity index (χ4n) is 1.32. The lowest BCUT2D eigenvalue weighted by molar-refractivity contribution is -0.141. The molecule has 4 nitrogen and oxygen atoms in total. The molecule has 0 fully saturated rings. The first-order chi connectivity index (χ1) is 8.00. The standard InChI is InChI=1S/C12H14ClNO3/c1-8(12(16)17)14-11(15)7-6-9-4-2-3-5-10(9)13/h2-5,8H,6-7H2,1H3,(H,14,15)(H,16,17)/t8-/m1/s1. The van der Waals surface area contributed by atoms with E-state index in [4.69, 9.17) is 16.7 Å². The number of rotatable bonds is 5. The highest BCUT2D eigenvalue weighted by Gasteiger charge is 2.13. The summed E-state index contributed by atoms with van der Waals surface area (Å²) in [7, 11) is 0. The second kappa shape index (κ2) is 6.25. The van der Waals surface area contributed by atoms with Gasteiger partial charge < -0.3 is 10.4 Å². The molecular weight excluding hydrogens is 242 g/mol. The van der Waals surface area contributed by atoms with Crippen LogP contribution in [0.4, 0.5) is 0 Å². The highest BCUT2D eigenvalue weighted by molar-refractivity contribution is 6.31. The van der Waals surface area contributed by atoms with Gasteiger partial charge in [0, 0.05) is 11.4 Å². The topological polar surface area (TPSA) is 66.4 Å². The molecule has 0 spiro atoms. The number of aryl methyl sites for hydroxylation is 1. The van der Waals surface area contributed by atoms with Crippen LogP contribution in [0.15, 0.2) is 24.3 Å². The van der Waals surface area contributed by atoms with E-state index in [1.165, 1.54) is 6.92 Å². The Hall–Kier alpha value is -1.55. The van der Waals surface area contributed by atoms with Crippen LogP contribution in [0.5, 0.6) is 0 Å². The molecule has 0 radical (unpaired) electrons. The average Bonchev–Trinajstić information content (AvgIpc) is 2.27. The summed E-state index contributed by atoms with van der Waals surface area (Å²) in [6.07, 6.45) is 0.721. The van der Waals surface area contributed by atoms with Gasteiger partial charge in [0.25, 0.3) is 0 Å². The van der Waals surface area contributed by atoms with Crippen molar-refractivity contribution in [2.45, 2.75) is 25.8 Å². The maximum atomic E-state index is 11.4. The number of hydrogen-bond acceptors (Lipinski definition) is 2. The summed E-state index contributed by atoms with van der Waals surface area (Å²) in [4.78, 5) is 22.0. The summed E-state index contributed by atoms with van der Waals surface area (Å²) in [5.74, 6) is -1.34. The van der Waals surface area contributed by atoms with E-state index in [1.807, 2.05) is 18.2 Å². The zero-order valence-electron chi connectivity index (χ0n) is 9.44. The summed E-state index contributed by atoms with van der Waals surface area (Å²) < 4.78 is 0. The van der Waals surface area contributed by atoms with Gasteiger partial charge in [-0.15, -0.1) is 0 Å². The van der Waals surface area contributed by atoms with Gasteiger partial charge in [0.05, 0.1) is 0 Å². The Morgan fingerprint density at radius 3 is 2.65 bits per heavy atom. The third-order valence-corrected chi connectivity index (χ3v) is 2.70. The lowest BCUT2D eigenvalue weighted by Gasteiger charge is -2.09. The van der Waals surface area contributed by atoms with Gasteiger partial charge in [-0.05, 0) is 25.0 Å². The highest BCUT2D eigenvalue weighted by Crippen LogP contribution is 2.16. The summed E-state index contributed by atoms with van der Waals surface area (Å²) in [6, 6.07) is 6.40. The van der Waals surface area contributed by atoms with Crippen molar-refractivity contribution in [3.63, 3.8) is 0 Å². The Kier molecular flexibility index (Phi) is 4.97. The zero-order valence-corrected chi connectivity index (χ0v) is 10.2. The smallest absolute Gasteiger partial charge is 0.325 e. The van der Waals surface area contributed by atoms with E-state index in [0.717, 1.165) is 5.56 Å². The van der Waals surface area contributed by atoms with Crippen molar-refractivity contribution in [3.8, 4) is 0 Å². The van der Waals surface area contributed by atoms with Crippen molar-refractivity contribution >= 4 is 23.5 Å². The molecule has 1 amide bonds. The number of benzene rings is 1. The van der Waals surface area contributed by atoms with Crippen molar-refractivity contribution in [2.75, 3.05) is 0 Å². The number of hydrogen-bond donors (Lipinski definition) is 2. The summed E-state index contributed by atoms with van der Waals surface area (Å²) in [5, 5.41) is 11.6. The third kappa shape index (κ3) is 4.44. The molecule has 1 rings (SSSR count). The molecule has 2 N–H and O–H groups in total. The monoisotopic (exact) mass is 255 g/mol. The van der Waals surface area contributed by atoms with Crippen LogP contribution in [0.1, 0.15) is 18.9 Å². The molecule has 1 aromatic carbocycles. The van der Waals surface area contributed by atoms with E-state index in [0.29, 0.717) is 11.4 Å². The Balaban J connectivity index is 2.44. The van der Waals surface area contributed by atoms with E-state index in [-0.39, 0.29) is 12.3 Å². The molecule has 0 saturated heterocycles. The minimum atomic E-state index is -1.05. The van der Waals surface area contributed by atoms with Crippen molar-refractivity contribution in [1.82, 2.24) is 5.32 Å². The van der Waals surface area contributed by atoms with Crippen molar-refractivity contribution in [3.05, 3.63) is 34.9 Å². The van der Waals surface area contributed by atoms with Crippen molar-refractivity contribution in [2.24, 2.45) is 0 Å². The van der Waals surface area contributed by atoms with Crippen LogP contribution in [0.25, 0.3) is 0 Å². The lowest BCUT2D eigenvalue weighted by atomic mass is 10.1. The predicted molar refractivity (Wildman–Crippen MR) is 65.0 cm³/mol. The minimum absolute atomic E-state index is 0.224. The first kappa shape index (κ1) is 13.5. The minimum Gasteiger partial charge on any atom is -0.480 e. The summed E-state index contributed by atoms with van der Waals surface area (Å²) >= 11 is 5.94. The molecule has 1 atom stereocenters. The lowest BCUT2D eigenvalue weighted by Crippen LogP contribution is -2.38. The first-order valence-corrected chi connectivity index (χ1v) is 5.64. The number of carboxylic acids is 1. The van der Waals surface area contributed by atoms with Crippen LogP contribution in [-0.2, 0) is 16.0 Å². The Morgan fingerprint density at radius 1 is 1.41 bits per heavy atom. The SMILES string of the molecule is C[C@@H](NC(=O)CCc1ccccc1Cl)C(=O)O. The molecule has 0 aliphatic carbocycles. The second-order valence-electron chi connectivity index (χ2n) is 3.72. The summed E-state index contributed by atoms with van der Waals surface area (Å²) in [5.41, 5.74) is 0.882. The maximum Gasteiger partial charge on any atom is 0.325 e. The fraction of sp³-hybridized carbons (Fsp3) is 0.333. The highest BCUT2D eigenvalue weighted by atomic mass is 35.5. The number of aliphatic carboxylic acids is 1. The van der Waals surface area contributed by atoms with Gasteiger partial charge >= 0.3 is 5.97 Å². The molecule has 5 heteroatoms. The van der Waals surface area contributed by atoms with Gasteiger partial charge in [-0.1, -0.05) is 29.8 Å². The molecule has 0 aliphatic rings. The van der Waals surface area contributed by atoms with Crippen LogP contribution in [0, 0.1) is 0 Å². The van der Waals surface area contributed by atoms with Crippen molar-refractivity contribution in [1.29, 1.82) is 0 Å². The summed E-state index contributed by atoms with van der Waals surface area (Å²) in [6.45, 7) is 1.43. The number of amides is 1. The van der Waals surface area contributed by atoms with Crippen molar-refractivity contribution < 1.29 is 14.7 Å². The molecule has 0 heterocycles. The maximum absolute atomic E-state index is 11.4. The molecule has 1 aromatic rings. The average molecular weight is 256 g/mol. The molecule has 0 bridgehead atoms. The van der Waals surface area contributed by atoms with Crippen LogP contribution >= 0.6 is 11.6 Å². The van der Waals surface area contributed by atoms with Crippen LogP contribution in [-0.4, -0.2) is 23.0 Å². The van der Waals surface area contributed by atoms with E-state index in [1.54, 1.807) is 6.07 Å². The number of carboxylic acid groups (broad SMARTS) is 1. The number of carbonyl (C=O) groups is 2. The normalized spacial score (nSPS) is 11.9. The third-order valence-electron chi connectivity index (χ3n) is 2.33. The largest absolute Gasteiger partial charge is 0.480 e. The van der Waals surface area contributed by atoms with Gasteiger partial charge in [0.1, 0.15) is 6.04 Å². The van der Waals surface area contributed by atoms with E-state index in [9.17, 15) is 9.59 Å². The van der Waals surface area contributed by atoms with E-state index in [2.05, 4.69) is 5.32 Å². The molecule has 0 aromatic heterocycles. The van der Waals surface area contributed by atoms with E-state index < -0.39 is 12.0 Å². The fourth-order valence-corrected chi connectivity index (χ4v) is 1.55. The molecule has 92 valence electrons. The number of nitrogens with one attached hydrogen (secondary N) is 1. The van der Waals surface area contributed by atoms with Gasteiger partial charge in [0.2, 0.25) is 5.91 Å². The van der Waals surface area contributed by atoms with Gasteiger partial charge in [-0.3, -0.25) is 9.59 Å². The molecule has 17 heavy (non-hydrogen) atoms. The van der Waals surface area contributed by atoms with Crippen LogP contribution < -0.4 is 5.32 Å². The van der Waals surface area contributed by atoms with Gasteiger partial charge in [-0.2, -0.15) is 0 Å². The molecular formula is C12H14ClNO3. The second-order valence-corrected chi connectivity index (χ2v) is 4.13. The van der Waals surface area contributed by atoms with Gasteiger partial charge in [0.15, 0.2) is 0 Å². The quantitative estimate of drug-likeness (QED) is 0.844. The van der Waals surface area contributed by atoms with E-state index >= 15 is 0 Å². The van der Waals surface area contributed by atoms with Crippen LogP contribution in [0.3, 0.4) is 0 Å². The molecule has 0 saturated carbocycles. The number of halogens is 1. The molecule has 0 unspecified atom stereocenters. The Bertz CT molecular complexity index is 420. The van der Waals surface area contributed by atoms with Crippen LogP contribution in [0.2, 0.25) is 5.02 Å². The Labute approximate surface area is 105 Å². The number of carbonyl (C=O) groups excluding carboxylic acids is 1. The first-order valence-electron chi connectivity index (χ1n) is 5.26. The Morgan fingerprint density at radius 2 is 2.06 bits per heavy atom. The molecule has 0 aliphatic heterocycles. The zero-order chi connectivity index (χ0) is 12.8.